The smallest absolute Gasteiger partial charge is 0.258 e. The molecule has 0 fully saturated rings. The molecule has 0 saturated heterocycles. The van der Waals surface area contributed by atoms with Crippen molar-refractivity contribution in [3.63, 3.8) is 0 Å². The van der Waals surface area contributed by atoms with Gasteiger partial charge in [0.25, 0.3) is 5.56 Å². The molecule has 1 N–H and O–H groups in total. The standard InChI is InChI=1S/C23H25ClN2O3.CH4O/c1-14(2)29-20(13-27)22-21(15-6-9-17(10-7-15)25(3)4)19-12-16(24)8-11-18(19)23(28)26(22)5;1-2/h6-14,20H,1-5H3;2H,1H3. The van der Waals surface area contributed by atoms with Crippen LogP contribution in [0.15, 0.2) is 47.3 Å². The zero-order valence-electron chi connectivity index (χ0n) is 18.7. The first kappa shape index (κ1) is 24.6. The summed E-state index contributed by atoms with van der Waals surface area (Å²) in [4.78, 5) is 27.0. The number of fused-ring (bicyclic) bond motifs is 1. The Kier molecular flexibility index (Phi) is 8.39. The number of carbonyl (C=O) groups excluding carboxylic acids is 1. The molecule has 0 radical (unpaired) electrons. The normalized spacial score (nSPS) is 11.8. The molecule has 31 heavy (non-hydrogen) atoms. The van der Waals surface area contributed by atoms with Gasteiger partial charge in [-0.1, -0.05) is 23.7 Å². The number of aliphatic hydroxyl groups is 1. The van der Waals surface area contributed by atoms with Crippen LogP contribution >= 0.6 is 11.6 Å². The topological polar surface area (TPSA) is 71.8 Å². The summed E-state index contributed by atoms with van der Waals surface area (Å²) in [7, 11) is 6.62. The summed E-state index contributed by atoms with van der Waals surface area (Å²) in [6, 6.07) is 13.2. The Balaban J connectivity index is 0.00000166. The average molecular weight is 445 g/mol. The fraction of sp³-hybridized carbons (Fsp3) is 0.333. The van der Waals surface area contributed by atoms with Crippen LogP contribution in [0.5, 0.6) is 0 Å². The predicted octanol–water partition coefficient (Wildman–Crippen LogP) is 4.20. The monoisotopic (exact) mass is 444 g/mol. The molecule has 0 saturated carbocycles. The van der Waals surface area contributed by atoms with Gasteiger partial charge in [-0.05, 0) is 55.1 Å². The van der Waals surface area contributed by atoms with Gasteiger partial charge in [0.15, 0.2) is 12.4 Å². The van der Waals surface area contributed by atoms with Crippen molar-refractivity contribution in [3.8, 4) is 11.1 Å². The number of pyridine rings is 1. The van der Waals surface area contributed by atoms with Crippen LogP contribution in [0.25, 0.3) is 21.9 Å². The first-order chi connectivity index (χ1) is 14.7. The molecule has 1 unspecified atom stereocenters. The van der Waals surface area contributed by atoms with Crippen LogP contribution in [0.4, 0.5) is 5.69 Å². The van der Waals surface area contributed by atoms with Crippen molar-refractivity contribution in [1.29, 1.82) is 0 Å². The number of hydrogen-bond acceptors (Lipinski definition) is 5. The summed E-state index contributed by atoms with van der Waals surface area (Å²) in [6.45, 7) is 3.72. The van der Waals surface area contributed by atoms with Crippen LogP contribution in [-0.2, 0) is 16.6 Å². The van der Waals surface area contributed by atoms with E-state index in [-0.39, 0.29) is 11.7 Å². The van der Waals surface area contributed by atoms with Crippen LogP contribution in [0.3, 0.4) is 0 Å². The number of nitrogens with zero attached hydrogens (tertiary/aromatic N) is 2. The lowest BCUT2D eigenvalue weighted by Crippen LogP contribution is -2.26. The first-order valence-corrected chi connectivity index (χ1v) is 10.3. The zero-order valence-corrected chi connectivity index (χ0v) is 19.5. The van der Waals surface area contributed by atoms with Gasteiger partial charge in [0.05, 0.1) is 11.8 Å². The molecule has 0 aliphatic heterocycles. The molecule has 0 bridgehead atoms. The Morgan fingerprint density at radius 3 is 2.19 bits per heavy atom. The number of rotatable bonds is 6. The van der Waals surface area contributed by atoms with Crippen LogP contribution in [0, 0.1) is 0 Å². The van der Waals surface area contributed by atoms with E-state index in [2.05, 4.69) is 0 Å². The molecule has 0 aliphatic rings. The Bertz CT molecular complexity index is 1110. The van der Waals surface area contributed by atoms with Gasteiger partial charge in [0.2, 0.25) is 0 Å². The molecular formula is C24H29ClN2O4. The number of aldehydes is 1. The summed E-state index contributed by atoms with van der Waals surface area (Å²) < 4.78 is 7.36. The maximum absolute atomic E-state index is 13.0. The van der Waals surface area contributed by atoms with E-state index in [4.69, 9.17) is 21.4 Å². The van der Waals surface area contributed by atoms with E-state index in [0.29, 0.717) is 21.5 Å². The number of anilines is 1. The van der Waals surface area contributed by atoms with Gasteiger partial charge < -0.3 is 24.1 Å². The van der Waals surface area contributed by atoms with Gasteiger partial charge in [-0.3, -0.25) is 4.79 Å². The molecule has 0 spiro atoms. The second kappa shape index (κ2) is 10.6. The Morgan fingerprint density at radius 2 is 1.68 bits per heavy atom. The minimum absolute atomic E-state index is 0.181. The lowest BCUT2D eigenvalue weighted by molar-refractivity contribution is -0.121. The van der Waals surface area contributed by atoms with Crippen molar-refractivity contribution >= 4 is 34.3 Å². The van der Waals surface area contributed by atoms with E-state index in [1.165, 1.54) is 4.57 Å². The van der Waals surface area contributed by atoms with Crippen LogP contribution in [0.2, 0.25) is 5.02 Å². The van der Waals surface area contributed by atoms with Gasteiger partial charge in [-0.25, -0.2) is 0 Å². The van der Waals surface area contributed by atoms with E-state index < -0.39 is 6.10 Å². The molecule has 6 nitrogen and oxygen atoms in total. The summed E-state index contributed by atoms with van der Waals surface area (Å²) in [5.41, 5.74) is 3.03. The van der Waals surface area contributed by atoms with Gasteiger partial charge in [-0.2, -0.15) is 0 Å². The van der Waals surface area contributed by atoms with Gasteiger partial charge >= 0.3 is 0 Å². The van der Waals surface area contributed by atoms with Crippen molar-refractivity contribution in [2.45, 2.75) is 26.1 Å². The fourth-order valence-electron chi connectivity index (χ4n) is 3.52. The highest BCUT2D eigenvalue weighted by Crippen LogP contribution is 2.36. The number of aliphatic hydroxyl groups excluding tert-OH is 1. The highest BCUT2D eigenvalue weighted by molar-refractivity contribution is 6.31. The van der Waals surface area contributed by atoms with Gasteiger partial charge in [-0.15, -0.1) is 0 Å². The number of ether oxygens (including phenoxy) is 1. The van der Waals surface area contributed by atoms with Gasteiger partial charge in [0.1, 0.15) is 0 Å². The first-order valence-electron chi connectivity index (χ1n) is 9.90. The minimum Gasteiger partial charge on any atom is -0.400 e. The second-order valence-electron chi connectivity index (χ2n) is 7.50. The highest BCUT2D eigenvalue weighted by atomic mass is 35.5. The highest BCUT2D eigenvalue weighted by Gasteiger charge is 2.25. The number of aromatic nitrogens is 1. The second-order valence-corrected chi connectivity index (χ2v) is 7.93. The molecule has 3 rings (SSSR count). The quantitative estimate of drug-likeness (QED) is 0.577. The summed E-state index contributed by atoms with van der Waals surface area (Å²) in [5.74, 6) is 0. The molecule has 1 heterocycles. The van der Waals surface area contributed by atoms with Crippen molar-refractivity contribution < 1.29 is 14.6 Å². The van der Waals surface area contributed by atoms with E-state index in [1.54, 1.807) is 25.2 Å². The van der Waals surface area contributed by atoms with Gasteiger partial charge in [0, 0.05) is 49.9 Å². The Labute approximate surface area is 187 Å². The third-order valence-corrected chi connectivity index (χ3v) is 5.12. The summed E-state index contributed by atoms with van der Waals surface area (Å²) in [6.07, 6.45) is -0.318. The number of carbonyl (C=O) groups is 1. The van der Waals surface area contributed by atoms with Crippen LogP contribution in [-0.4, -0.2) is 43.3 Å². The molecule has 1 atom stereocenters. The SMILES string of the molecule is CC(C)OC(C=O)c1c(-c2ccc(N(C)C)cc2)c2cc(Cl)ccc2c(=O)n1C.CO. The maximum atomic E-state index is 13.0. The molecule has 0 aliphatic carbocycles. The number of benzene rings is 2. The lowest BCUT2D eigenvalue weighted by atomic mass is 9.94. The maximum Gasteiger partial charge on any atom is 0.258 e. The molecule has 3 aromatic rings. The van der Waals surface area contributed by atoms with E-state index >= 15 is 0 Å². The molecular weight excluding hydrogens is 416 g/mol. The van der Waals surface area contributed by atoms with E-state index in [9.17, 15) is 9.59 Å². The molecule has 7 heteroatoms. The fourth-order valence-corrected chi connectivity index (χ4v) is 3.69. The predicted molar refractivity (Wildman–Crippen MR) is 127 cm³/mol. The summed E-state index contributed by atoms with van der Waals surface area (Å²) >= 11 is 6.27. The zero-order chi connectivity index (χ0) is 23.3. The van der Waals surface area contributed by atoms with E-state index in [0.717, 1.165) is 30.2 Å². The van der Waals surface area contributed by atoms with Crippen molar-refractivity contribution in [2.24, 2.45) is 7.05 Å². The molecule has 1 aromatic heterocycles. The van der Waals surface area contributed by atoms with Crippen molar-refractivity contribution in [3.05, 3.63) is 63.5 Å². The van der Waals surface area contributed by atoms with Crippen molar-refractivity contribution in [1.82, 2.24) is 4.57 Å². The third kappa shape index (κ3) is 5.15. The molecule has 166 valence electrons. The number of hydrogen-bond donors (Lipinski definition) is 1. The molecule has 0 amide bonds. The largest absolute Gasteiger partial charge is 0.400 e. The Morgan fingerprint density at radius 1 is 1.06 bits per heavy atom. The average Bonchev–Trinajstić information content (AvgIpc) is 2.75. The summed E-state index contributed by atoms with van der Waals surface area (Å²) in [5, 5.41) is 8.77. The lowest BCUT2D eigenvalue weighted by Gasteiger charge is -2.23. The molecule has 2 aromatic carbocycles. The van der Waals surface area contributed by atoms with E-state index in [1.807, 2.05) is 57.1 Å². The third-order valence-electron chi connectivity index (χ3n) is 4.89. The van der Waals surface area contributed by atoms with Crippen LogP contribution in [0.1, 0.15) is 25.6 Å². The van der Waals surface area contributed by atoms with Crippen LogP contribution < -0.4 is 10.5 Å². The van der Waals surface area contributed by atoms with Crippen molar-refractivity contribution in [2.75, 3.05) is 26.1 Å². The minimum atomic E-state index is -0.875. The Hall–Kier alpha value is -2.67. The number of halogens is 1.